The third kappa shape index (κ3) is 3.51. The third-order valence-corrected chi connectivity index (χ3v) is 4.32. The van der Waals surface area contributed by atoms with Crippen LogP contribution in [0.15, 0.2) is 59.8 Å². The molecular formula is C15H14N4O4S. The first-order valence-electron chi connectivity index (χ1n) is 7.09. The average Bonchev–Trinajstić information content (AvgIpc) is 3.10. The van der Waals surface area contributed by atoms with Gasteiger partial charge in [0.15, 0.2) is 0 Å². The van der Waals surface area contributed by atoms with E-state index in [-0.39, 0.29) is 10.6 Å². The second kappa shape index (κ2) is 6.67. The maximum absolute atomic E-state index is 12.4. The fourth-order valence-corrected chi connectivity index (χ4v) is 2.92. The molecule has 0 spiro atoms. The van der Waals surface area contributed by atoms with Crippen LogP contribution in [0, 0.1) is 0 Å². The van der Waals surface area contributed by atoms with Crippen molar-refractivity contribution in [3.63, 3.8) is 0 Å². The molecule has 0 bridgehead atoms. The highest BCUT2D eigenvalue weighted by atomic mass is 32.2. The first-order valence-corrected chi connectivity index (χ1v) is 8.50. The van der Waals surface area contributed by atoms with Crippen molar-refractivity contribution >= 4 is 10.1 Å². The van der Waals surface area contributed by atoms with Crippen LogP contribution in [0.4, 0.5) is 0 Å². The lowest BCUT2D eigenvalue weighted by atomic mass is 10.3. The van der Waals surface area contributed by atoms with Gasteiger partial charge in [0.25, 0.3) is 0 Å². The topological polar surface area (TPSA) is 96.2 Å². The molecular weight excluding hydrogens is 332 g/mol. The SMILES string of the molecule is CCOc1ccc(S(=O)(=O)Oc2cccc(-n3cnnn3)c2)cc1. The van der Waals surface area contributed by atoms with E-state index < -0.39 is 10.1 Å². The van der Waals surface area contributed by atoms with Gasteiger partial charge in [-0.05, 0) is 53.7 Å². The number of nitrogens with zero attached hydrogens (tertiary/aromatic N) is 4. The second-order valence-electron chi connectivity index (χ2n) is 4.69. The summed E-state index contributed by atoms with van der Waals surface area (Å²) in [7, 11) is -3.95. The maximum atomic E-state index is 12.4. The maximum Gasteiger partial charge on any atom is 0.339 e. The molecule has 124 valence electrons. The van der Waals surface area contributed by atoms with Crippen LogP contribution in [0.5, 0.6) is 11.5 Å². The molecule has 2 aromatic carbocycles. The van der Waals surface area contributed by atoms with Crippen LogP contribution in [0.25, 0.3) is 5.69 Å². The zero-order chi connectivity index (χ0) is 17.0. The van der Waals surface area contributed by atoms with Gasteiger partial charge >= 0.3 is 10.1 Å². The van der Waals surface area contributed by atoms with Crippen molar-refractivity contribution in [3.8, 4) is 17.2 Å². The highest BCUT2D eigenvalue weighted by Crippen LogP contribution is 2.22. The van der Waals surface area contributed by atoms with Crippen molar-refractivity contribution in [1.29, 1.82) is 0 Å². The molecule has 0 aliphatic heterocycles. The molecule has 0 aliphatic rings. The Bertz CT molecular complexity index is 909. The standard InChI is InChI=1S/C15H14N4O4S/c1-2-22-13-6-8-15(9-7-13)24(20,21)23-14-5-3-4-12(10-14)19-11-16-17-18-19/h3-11H,2H2,1H3. The first kappa shape index (κ1) is 15.9. The van der Waals surface area contributed by atoms with Crippen LogP contribution in [-0.4, -0.2) is 35.2 Å². The van der Waals surface area contributed by atoms with E-state index in [2.05, 4.69) is 15.5 Å². The largest absolute Gasteiger partial charge is 0.494 e. The molecule has 0 N–H and O–H groups in total. The minimum absolute atomic E-state index is 0.0405. The molecule has 8 nitrogen and oxygen atoms in total. The highest BCUT2D eigenvalue weighted by Gasteiger charge is 2.17. The van der Waals surface area contributed by atoms with Gasteiger partial charge in [-0.3, -0.25) is 0 Å². The summed E-state index contributed by atoms with van der Waals surface area (Å²) < 4.78 is 36.6. The molecule has 0 amide bonds. The van der Waals surface area contributed by atoms with Gasteiger partial charge in [0.2, 0.25) is 0 Å². The van der Waals surface area contributed by atoms with E-state index in [1.54, 1.807) is 30.3 Å². The fraction of sp³-hybridized carbons (Fsp3) is 0.133. The Kier molecular flexibility index (Phi) is 4.43. The summed E-state index contributed by atoms with van der Waals surface area (Å²) in [5, 5.41) is 10.8. The van der Waals surface area contributed by atoms with Crippen LogP contribution >= 0.6 is 0 Å². The predicted molar refractivity (Wildman–Crippen MR) is 84.6 cm³/mol. The molecule has 0 saturated heterocycles. The van der Waals surface area contributed by atoms with E-state index in [1.165, 1.54) is 29.2 Å². The molecule has 3 aromatic rings. The van der Waals surface area contributed by atoms with E-state index in [4.69, 9.17) is 8.92 Å². The van der Waals surface area contributed by atoms with Gasteiger partial charge in [-0.2, -0.15) is 8.42 Å². The number of hydrogen-bond acceptors (Lipinski definition) is 7. The number of rotatable bonds is 6. The molecule has 0 atom stereocenters. The van der Waals surface area contributed by atoms with Gasteiger partial charge in [-0.15, -0.1) is 5.10 Å². The normalized spacial score (nSPS) is 11.2. The Morgan fingerprint density at radius 2 is 1.88 bits per heavy atom. The van der Waals surface area contributed by atoms with E-state index in [0.29, 0.717) is 18.0 Å². The molecule has 0 radical (unpaired) electrons. The summed E-state index contributed by atoms with van der Waals surface area (Å²) in [5.74, 6) is 0.758. The Hall–Kier alpha value is -2.94. The molecule has 0 unspecified atom stereocenters. The van der Waals surface area contributed by atoms with Crippen LogP contribution in [-0.2, 0) is 10.1 Å². The van der Waals surface area contributed by atoms with E-state index in [9.17, 15) is 8.42 Å². The highest BCUT2D eigenvalue weighted by molar-refractivity contribution is 7.87. The Morgan fingerprint density at radius 3 is 2.54 bits per heavy atom. The predicted octanol–water partition coefficient (Wildman–Crippen LogP) is 1.83. The summed E-state index contributed by atoms with van der Waals surface area (Å²) in [5.41, 5.74) is 0.583. The summed E-state index contributed by atoms with van der Waals surface area (Å²) in [4.78, 5) is 0.0405. The molecule has 1 aromatic heterocycles. The molecule has 3 rings (SSSR count). The van der Waals surface area contributed by atoms with E-state index >= 15 is 0 Å². The molecule has 0 fully saturated rings. The molecule has 24 heavy (non-hydrogen) atoms. The third-order valence-electron chi connectivity index (χ3n) is 3.06. The van der Waals surface area contributed by atoms with Crippen LogP contribution in [0.3, 0.4) is 0 Å². The van der Waals surface area contributed by atoms with Gasteiger partial charge in [0.1, 0.15) is 22.7 Å². The van der Waals surface area contributed by atoms with Gasteiger partial charge < -0.3 is 8.92 Å². The number of ether oxygens (including phenoxy) is 1. The van der Waals surface area contributed by atoms with Crippen molar-refractivity contribution in [2.24, 2.45) is 0 Å². The van der Waals surface area contributed by atoms with Gasteiger partial charge in [0.05, 0.1) is 12.3 Å². The average molecular weight is 346 g/mol. The van der Waals surface area contributed by atoms with Gasteiger partial charge in [-0.1, -0.05) is 6.07 Å². The number of tetrazole rings is 1. The monoisotopic (exact) mass is 346 g/mol. The van der Waals surface area contributed by atoms with Crippen molar-refractivity contribution in [3.05, 3.63) is 54.9 Å². The lowest BCUT2D eigenvalue weighted by Crippen LogP contribution is -2.10. The van der Waals surface area contributed by atoms with E-state index in [1.807, 2.05) is 6.92 Å². The molecule has 0 saturated carbocycles. The quantitative estimate of drug-likeness (QED) is 0.628. The minimum Gasteiger partial charge on any atom is -0.494 e. The minimum atomic E-state index is -3.95. The number of benzene rings is 2. The fourth-order valence-electron chi connectivity index (χ4n) is 2.00. The van der Waals surface area contributed by atoms with Crippen LogP contribution in [0.1, 0.15) is 6.92 Å². The molecule has 1 heterocycles. The van der Waals surface area contributed by atoms with Crippen molar-refractivity contribution in [1.82, 2.24) is 20.2 Å². The van der Waals surface area contributed by atoms with Crippen LogP contribution in [0.2, 0.25) is 0 Å². The summed E-state index contributed by atoms with van der Waals surface area (Å²) in [6, 6.07) is 12.5. The number of hydrogen-bond donors (Lipinski definition) is 0. The first-order chi connectivity index (χ1) is 11.6. The van der Waals surface area contributed by atoms with Gasteiger partial charge in [-0.25, -0.2) is 4.68 Å². The smallest absolute Gasteiger partial charge is 0.339 e. The zero-order valence-corrected chi connectivity index (χ0v) is 13.5. The van der Waals surface area contributed by atoms with Crippen molar-refractivity contribution in [2.75, 3.05) is 6.61 Å². The lowest BCUT2D eigenvalue weighted by molar-refractivity contribution is 0.340. The zero-order valence-electron chi connectivity index (χ0n) is 12.7. The van der Waals surface area contributed by atoms with Crippen molar-refractivity contribution < 1.29 is 17.3 Å². The summed E-state index contributed by atoms with van der Waals surface area (Å²) in [6.07, 6.45) is 1.40. The Morgan fingerprint density at radius 1 is 1.08 bits per heavy atom. The van der Waals surface area contributed by atoms with Crippen molar-refractivity contribution in [2.45, 2.75) is 11.8 Å². The number of aromatic nitrogens is 4. The lowest BCUT2D eigenvalue weighted by Gasteiger charge is -2.09. The Labute approximate surface area is 138 Å². The van der Waals surface area contributed by atoms with E-state index in [0.717, 1.165) is 0 Å². The molecule has 0 aliphatic carbocycles. The molecule has 9 heteroatoms. The second-order valence-corrected chi connectivity index (χ2v) is 6.24. The summed E-state index contributed by atoms with van der Waals surface area (Å²) >= 11 is 0. The summed E-state index contributed by atoms with van der Waals surface area (Å²) in [6.45, 7) is 2.36. The van der Waals surface area contributed by atoms with Crippen LogP contribution < -0.4 is 8.92 Å². The Balaban J connectivity index is 1.83. The van der Waals surface area contributed by atoms with Gasteiger partial charge in [0, 0.05) is 6.07 Å².